The number of nitrogens with zero attached hydrogens (tertiary/aromatic N) is 2. The number of anilines is 2. The fourth-order valence-corrected chi connectivity index (χ4v) is 3.99. The molecule has 0 saturated heterocycles. The number of carbonyl (C=O) groups is 2. The Morgan fingerprint density at radius 2 is 2.07 bits per heavy atom. The average molecular weight is 423 g/mol. The lowest BCUT2D eigenvalue weighted by molar-refractivity contribution is -0.144. The third kappa shape index (κ3) is 3.39. The second-order valence-corrected chi connectivity index (χ2v) is 8.05. The van der Waals surface area contributed by atoms with Crippen LogP contribution in [-0.2, 0) is 9.59 Å². The molecule has 7 nitrogen and oxygen atoms in total. The standard InChI is InChI=1S/C22H21N3O4S/c1-13-8-9-18-17(10-13)25(3)20(27)22(2,29-18)19(26)24-21-23-16(12-30-21)14-6-5-7-15(11-14)28-4/h5-12H,1-4H3,(H,23,24,26). The number of methoxy groups -OCH3 is 1. The van der Waals surface area contributed by atoms with Crippen LogP contribution in [0.15, 0.2) is 47.8 Å². The molecule has 2 aromatic carbocycles. The quantitative estimate of drug-likeness (QED) is 0.644. The number of aryl methyl sites for hydroxylation is 1. The lowest BCUT2D eigenvalue weighted by atomic mass is 10.00. The SMILES string of the molecule is COc1cccc(-c2csc(NC(=O)C3(C)Oc4ccc(C)cc4N(C)C3=O)n2)c1. The Morgan fingerprint density at radius 3 is 2.83 bits per heavy atom. The van der Waals surface area contributed by atoms with Gasteiger partial charge in [-0.05, 0) is 43.7 Å². The van der Waals surface area contributed by atoms with Gasteiger partial charge in [-0.15, -0.1) is 11.3 Å². The maximum atomic E-state index is 13.0. The van der Waals surface area contributed by atoms with Crippen molar-refractivity contribution >= 4 is 34.0 Å². The van der Waals surface area contributed by atoms with E-state index in [0.29, 0.717) is 22.3 Å². The molecule has 1 aliphatic rings. The summed E-state index contributed by atoms with van der Waals surface area (Å²) in [5.74, 6) is 0.188. The maximum absolute atomic E-state index is 13.0. The van der Waals surface area contributed by atoms with Crippen LogP contribution in [0.25, 0.3) is 11.3 Å². The Hall–Kier alpha value is -3.39. The van der Waals surface area contributed by atoms with Crippen LogP contribution in [0.3, 0.4) is 0 Å². The number of ether oxygens (including phenoxy) is 2. The maximum Gasteiger partial charge on any atom is 0.280 e. The zero-order valence-electron chi connectivity index (χ0n) is 17.1. The molecular formula is C22H21N3O4S. The fraction of sp³-hybridized carbons (Fsp3) is 0.227. The summed E-state index contributed by atoms with van der Waals surface area (Å²) >= 11 is 1.27. The van der Waals surface area contributed by atoms with Gasteiger partial charge in [0.15, 0.2) is 5.13 Å². The van der Waals surface area contributed by atoms with Gasteiger partial charge in [0.1, 0.15) is 11.5 Å². The van der Waals surface area contributed by atoms with Crippen molar-refractivity contribution in [2.45, 2.75) is 19.4 Å². The van der Waals surface area contributed by atoms with E-state index >= 15 is 0 Å². The van der Waals surface area contributed by atoms with E-state index in [9.17, 15) is 9.59 Å². The highest BCUT2D eigenvalue weighted by atomic mass is 32.1. The molecule has 3 aromatic rings. The molecule has 1 aliphatic heterocycles. The minimum atomic E-state index is -1.70. The molecule has 1 atom stereocenters. The summed E-state index contributed by atoms with van der Waals surface area (Å²) in [5, 5.41) is 4.94. The third-order valence-corrected chi connectivity index (χ3v) is 5.78. The highest BCUT2D eigenvalue weighted by molar-refractivity contribution is 7.14. The molecule has 0 saturated carbocycles. The Labute approximate surface area is 178 Å². The molecule has 1 N–H and O–H groups in total. The molecule has 0 radical (unpaired) electrons. The number of rotatable bonds is 4. The minimum absolute atomic E-state index is 0.382. The second kappa shape index (κ2) is 7.46. The third-order valence-electron chi connectivity index (χ3n) is 5.03. The smallest absolute Gasteiger partial charge is 0.280 e. The van der Waals surface area contributed by atoms with Crippen molar-refractivity contribution in [2.24, 2.45) is 0 Å². The average Bonchev–Trinajstić information content (AvgIpc) is 3.21. The minimum Gasteiger partial charge on any atom is -0.497 e. The first kappa shape index (κ1) is 19.9. The summed E-state index contributed by atoms with van der Waals surface area (Å²) in [4.78, 5) is 31.9. The fourth-order valence-electron chi connectivity index (χ4n) is 3.27. The highest BCUT2D eigenvalue weighted by Gasteiger charge is 2.50. The lowest BCUT2D eigenvalue weighted by Gasteiger charge is -2.37. The van der Waals surface area contributed by atoms with Gasteiger partial charge in [0, 0.05) is 18.0 Å². The van der Waals surface area contributed by atoms with E-state index < -0.39 is 17.4 Å². The van der Waals surface area contributed by atoms with Crippen LogP contribution in [0, 0.1) is 6.92 Å². The van der Waals surface area contributed by atoms with Crippen LogP contribution in [-0.4, -0.2) is 36.6 Å². The van der Waals surface area contributed by atoms with Gasteiger partial charge in [0.05, 0.1) is 18.5 Å². The van der Waals surface area contributed by atoms with Gasteiger partial charge in [-0.2, -0.15) is 0 Å². The van der Waals surface area contributed by atoms with Crippen molar-refractivity contribution in [3.8, 4) is 22.8 Å². The van der Waals surface area contributed by atoms with E-state index in [-0.39, 0.29) is 0 Å². The number of amides is 2. The zero-order valence-corrected chi connectivity index (χ0v) is 17.9. The summed E-state index contributed by atoms with van der Waals surface area (Å²) in [6, 6.07) is 13.0. The summed E-state index contributed by atoms with van der Waals surface area (Å²) in [5.41, 5.74) is 1.51. The number of fused-ring (bicyclic) bond motifs is 1. The Kier molecular flexibility index (Phi) is 4.95. The predicted octanol–water partition coefficient (Wildman–Crippen LogP) is 3.88. The first-order valence-corrected chi connectivity index (χ1v) is 10.2. The number of aromatic nitrogens is 1. The molecule has 4 rings (SSSR count). The highest BCUT2D eigenvalue weighted by Crippen LogP contribution is 2.38. The number of hydrogen-bond donors (Lipinski definition) is 1. The van der Waals surface area contributed by atoms with E-state index in [2.05, 4.69) is 10.3 Å². The predicted molar refractivity (Wildman–Crippen MR) is 116 cm³/mol. The molecule has 0 spiro atoms. The van der Waals surface area contributed by atoms with Crippen molar-refractivity contribution < 1.29 is 19.1 Å². The summed E-state index contributed by atoms with van der Waals surface area (Å²) in [7, 11) is 3.24. The van der Waals surface area contributed by atoms with Gasteiger partial charge in [-0.25, -0.2) is 4.98 Å². The number of thiazole rings is 1. The van der Waals surface area contributed by atoms with Crippen molar-refractivity contribution in [3.05, 3.63) is 53.4 Å². The molecule has 0 aliphatic carbocycles. The van der Waals surface area contributed by atoms with Crippen LogP contribution in [0.4, 0.5) is 10.8 Å². The summed E-state index contributed by atoms with van der Waals surface area (Å²) in [6.07, 6.45) is 0. The van der Waals surface area contributed by atoms with E-state index in [1.807, 2.05) is 48.7 Å². The normalized spacial score (nSPS) is 17.9. The van der Waals surface area contributed by atoms with Gasteiger partial charge < -0.3 is 14.4 Å². The van der Waals surface area contributed by atoms with E-state index in [1.165, 1.54) is 23.2 Å². The monoisotopic (exact) mass is 423 g/mol. The first-order valence-electron chi connectivity index (χ1n) is 9.31. The number of likely N-dealkylation sites (N-methyl/N-ethyl adjacent to an activating group) is 1. The van der Waals surface area contributed by atoms with Crippen molar-refractivity contribution in [1.82, 2.24) is 4.98 Å². The van der Waals surface area contributed by atoms with Gasteiger partial charge in [0.2, 0.25) is 0 Å². The number of hydrogen-bond acceptors (Lipinski definition) is 6. The summed E-state index contributed by atoms with van der Waals surface area (Å²) < 4.78 is 11.1. The molecule has 154 valence electrons. The lowest BCUT2D eigenvalue weighted by Crippen LogP contribution is -2.59. The zero-order chi connectivity index (χ0) is 21.5. The molecule has 2 amide bonds. The number of carbonyl (C=O) groups excluding carboxylic acids is 2. The molecule has 0 fully saturated rings. The van der Waals surface area contributed by atoms with Crippen LogP contribution >= 0.6 is 11.3 Å². The van der Waals surface area contributed by atoms with E-state index in [1.54, 1.807) is 20.2 Å². The molecule has 0 bridgehead atoms. The van der Waals surface area contributed by atoms with Gasteiger partial charge in [0.25, 0.3) is 17.4 Å². The Bertz CT molecular complexity index is 1140. The number of benzene rings is 2. The van der Waals surface area contributed by atoms with E-state index in [4.69, 9.17) is 9.47 Å². The van der Waals surface area contributed by atoms with Crippen molar-refractivity contribution in [2.75, 3.05) is 24.4 Å². The molecule has 30 heavy (non-hydrogen) atoms. The van der Waals surface area contributed by atoms with E-state index in [0.717, 1.165) is 16.9 Å². The van der Waals surface area contributed by atoms with Crippen LogP contribution in [0.1, 0.15) is 12.5 Å². The van der Waals surface area contributed by atoms with Crippen molar-refractivity contribution in [1.29, 1.82) is 0 Å². The molecule has 8 heteroatoms. The largest absolute Gasteiger partial charge is 0.497 e. The van der Waals surface area contributed by atoms with Crippen LogP contribution in [0.5, 0.6) is 11.5 Å². The molecule has 1 aromatic heterocycles. The van der Waals surface area contributed by atoms with Gasteiger partial charge in [-0.1, -0.05) is 18.2 Å². The van der Waals surface area contributed by atoms with Crippen molar-refractivity contribution in [3.63, 3.8) is 0 Å². The number of nitrogens with one attached hydrogen (secondary N) is 1. The van der Waals surface area contributed by atoms with Crippen LogP contribution < -0.4 is 19.7 Å². The Balaban J connectivity index is 1.57. The van der Waals surface area contributed by atoms with Gasteiger partial charge in [-0.3, -0.25) is 14.9 Å². The molecular weight excluding hydrogens is 402 g/mol. The van der Waals surface area contributed by atoms with Gasteiger partial charge >= 0.3 is 0 Å². The molecule has 2 heterocycles. The van der Waals surface area contributed by atoms with Crippen LogP contribution in [0.2, 0.25) is 0 Å². The topological polar surface area (TPSA) is 80.8 Å². The summed E-state index contributed by atoms with van der Waals surface area (Å²) in [6.45, 7) is 3.40. The second-order valence-electron chi connectivity index (χ2n) is 7.19. The molecule has 1 unspecified atom stereocenters. The Morgan fingerprint density at radius 1 is 1.27 bits per heavy atom. The first-order chi connectivity index (χ1) is 14.3.